The second-order valence-electron chi connectivity index (χ2n) is 4.88. The van der Waals surface area contributed by atoms with E-state index in [9.17, 15) is 0 Å². The van der Waals surface area contributed by atoms with Crippen LogP contribution in [0.2, 0.25) is 0 Å². The summed E-state index contributed by atoms with van der Waals surface area (Å²) in [5, 5.41) is 1.03. The minimum atomic E-state index is 0.752. The van der Waals surface area contributed by atoms with Gasteiger partial charge in [0, 0.05) is 5.75 Å². The number of fused-ring (bicyclic) bond motifs is 2. The lowest BCUT2D eigenvalue weighted by Crippen LogP contribution is -2.01. The van der Waals surface area contributed by atoms with Crippen LogP contribution in [0.4, 0.5) is 0 Å². The molecule has 96 valence electrons. The Labute approximate surface area is 112 Å². The fraction of sp³-hybridized carbons (Fsp3) is 0.500. The highest BCUT2D eigenvalue weighted by molar-refractivity contribution is 7.99. The number of H-pyrrole nitrogens is 1. The Morgan fingerprint density at radius 3 is 2.78 bits per heavy atom. The highest BCUT2D eigenvalue weighted by Crippen LogP contribution is 2.27. The first-order chi connectivity index (χ1) is 8.86. The number of benzene rings is 1. The summed E-state index contributed by atoms with van der Waals surface area (Å²) in [6, 6.07) is 4.57. The van der Waals surface area contributed by atoms with Gasteiger partial charge in [0.2, 0.25) is 0 Å². The van der Waals surface area contributed by atoms with Crippen molar-refractivity contribution in [2.75, 3.05) is 12.3 Å². The molecule has 4 heteroatoms. The van der Waals surface area contributed by atoms with Crippen LogP contribution >= 0.6 is 11.8 Å². The summed E-state index contributed by atoms with van der Waals surface area (Å²) in [6.45, 7) is 0.752. The van der Waals surface area contributed by atoms with Gasteiger partial charge in [-0.1, -0.05) is 11.8 Å². The summed E-state index contributed by atoms with van der Waals surface area (Å²) in [7, 11) is 0. The Morgan fingerprint density at radius 1 is 1.22 bits per heavy atom. The molecule has 0 saturated heterocycles. The average Bonchev–Trinajstić information content (AvgIpc) is 2.77. The largest absolute Gasteiger partial charge is 0.333 e. The molecule has 0 atom stereocenters. The summed E-state index contributed by atoms with van der Waals surface area (Å²) in [5.41, 5.74) is 10.8. The van der Waals surface area contributed by atoms with Crippen molar-refractivity contribution in [3.8, 4) is 0 Å². The number of aryl methyl sites for hydroxylation is 2. The van der Waals surface area contributed by atoms with Gasteiger partial charge < -0.3 is 10.7 Å². The summed E-state index contributed by atoms with van der Waals surface area (Å²) >= 11 is 1.77. The van der Waals surface area contributed by atoms with Crippen molar-refractivity contribution in [1.82, 2.24) is 9.97 Å². The molecule has 0 fully saturated rings. The monoisotopic (exact) mass is 261 g/mol. The zero-order valence-electron chi connectivity index (χ0n) is 10.5. The van der Waals surface area contributed by atoms with Gasteiger partial charge in [-0.25, -0.2) is 4.98 Å². The van der Waals surface area contributed by atoms with E-state index in [1.807, 2.05) is 0 Å². The molecule has 0 amide bonds. The molecule has 0 unspecified atom stereocenters. The van der Waals surface area contributed by atoms with Crippen LogP contribution in [0, 0.1) is 0 Å². The lowest BCUT2D eigenvalue weighted by Gasteiger charge is -2.14. The Balaban J connectivity index is 1.87. The number of hydrogen-bond acceptors (Lipinski definition) is 3. The van der Waals surface area contributed by atoms with Crippen LogP contribution in [0.25, 0.3) is 11.0 Å². The van der Waals surface area contributed by atoms with Gasteiger partial charge in [-0.2, -0.15) is 0 Å². The quantitative estimate of drug-likeness (QED) is 0.657. The highest BCUT2D eigenvalue weighted by Gasteiger charge is 2.12. The summed E-state index contributed by atoms with van der Waals surface area (Å²) in [4.78, 5) is 8.07. The molecular formula is C14H19N3S. The predicted octanol–water partition coefficient (Wildman–Crippen LogP) is 2.88. The van der Waals surface area contributed by atoms with Gasteiger partial charge in [0.25, 0.3) is 0 Å². The highest BCUT2D eigenvalue weighted by atomic mass is 32.2. The van der Waals surface area contributed by atoms with E-state index in [-0.39, 0.29) is 0 Å². The number of hydrogen-bond donors (Lipinski definition) is 2. The van der Waals surface area contributed by atoms with E-state index in [2.05, 4.69) is 22.1 Å². The van der Waals surface area contributed by atoms with Crippen molar-refractivity contribution < 1.29 is 0 Å². The summed E-state index contributed by atoms with van der Waals surface area (Å²) in [5.74, 6) is 1.04. The molecule has 1 aliphatic carbocycles. The van der Waals surface area contributed by atoms with E-state index in [0.717, 1.165) is 29.4 Å². The number of nitrogens with one attached hydrogen (secondary N) is 1. The first-order valence-electron chi connectivity index (χ1n) is 6.71. The van der Waals surface area contributed by atoms with Gasteiger partial charge in [0.15, 0.2) is 5.16 Å². The molecule has 3 N–H and O–H groups in total. The zero-order valence-corrected chi connectivity index (χ0v) is 11.4. The van der Waals surface area contributed by atoms with Gasteiger partial charge in [0.1, 0.15) is 0 Å². The van der Waals surface area contributed by atoms with Crippen molar-refractivity contribution in [3.63, 3.8) is 0 Å². The molecule has 1 aliphatic rings. The Hall–Kier alpha value is -1.00. The number of thioether (sulfide) groups is 1. The lowest BCUT2D eigenvalue weighted by molar-refractivity contribution is 0.687. The summed E-state index contributed by atoms with van der Waals surface area (Å²) < 4.78 is 0. The molecule has 0 bridgehead atoms. The minimum absolute atomic E-state index is 0.752. The first kappa shape index (κ1) is 12.1. The number of nitrogens with two attached hydrogens (primary N) is 1. The standard InChI is InChI=1S/C14H19N3S/c15-6-3-7-18-14-16-12-8-10-4-1-2-5-11(10)9-13(12)17-14/h8-9H,1-7,15H2,(H,16,17). The summed E-state index contributed by atoms with van der Waals surface area (Å²) in [6.07, 6.45) is 6.12. The number of aromatic amines is 1. The van der Waals surface area contributed by atoms with E-state index in [1.165, 1.54) is 42.3 Å². The molecule has 0 aliphatic heterocycles. The molecule has 0 spiro atoms. The Kier molecular flexibility index (Phi) is 3.57. The SMILES string of the molecule is NCCCSc1nc2cc3c(cc2[nH]1)CCCC3. The maximum atomic E-state index is 5.51. The minimum Gasteiger partial charge on any atom is -0.333 e. The topological polar surface area (TPSA) is 54.7 Å². The van der Waals surface area contributed by atoms with Gasteiger partial charge in [-0.15, -0.1) is 0 Å². The fourth-order valence-corrected chi connectivity index (χ4v) is 3.39. The van der Waals surface area contributed by atoms with Crippen LogP contribution in [0.5, 0.6) is 0 Å². The molecular weight excluding hydrogens is 242 g/mol. The van der Waals surface area contributed by atoms with Gasteiger partial charge in [0.05, 0.1) is 11.0 Å². The van der Waals surface area contributed by atoms with E-state index in [1.54, 1.807) is 11.8 Å². The molecule has 0 radical (unpaired) electrons. The van der Waals surface area contributed by atoms with Crippen molar-refractivity contribution in [3.05, 3.63) is 23.3 Å². The van der Waals surface area contributed by atoms with Crippen LogP contribution in [0.15, 0.2) is 17.3 Å². The Bertz CT molecular complexity index is 504. The molecule has 1 aromatic heterocycles. The number of aromatic nitrogens is 2. The average molecular weight is 261 g/mol. The third-order valence-electron chi connectivity index (χ3n) is 3.51. The molecule has 3 rings (SSSR count). The van der Waals surface area contributed by atoms with Crippen molar-refractivity contribution >= 4 is 22.8 Å². The molecule has 1 aromatic carbocycles. The first-order valence-corrected chi connectivity index (χ1v) is 7.70. The maximum Gasteiger partial charge on any atom is 0.166 e. The third kappa shape index (κ3) is 2.40. The second kappa shape index (κ2) is 5.33. The van der Waals surface area contributed by atoms with Gasteiger partial charge in [-0.3, -0.25) is 0 Å². The van der Waals surface area contributed by atoms with Crippen LogP contribution < -0.4 is 5.73 Å². The number of imidazole rings is 1. The fourth-order valence-electron chi connectivity index (χ4n) is 2.54. The molecule has 18 heavy (non-hydrogen) atoms. The van der Waals surface area contributed by atoms with Gasteiger partial charge in [-0.05, 0) is 61.9 Å². The zero-order chi connectivity index (χ0) is 12.4. The molecule has 0 saturated carbocycles. The van der Waals surface area contributed by atoms with Crippen molar-refractivity contribution in [2.24, 2.45) is 5.73 Å². The smallest absolute Gasteiger partial charge is 0.166 e. The van der Waals surface area contributed by atoms with E-state index in [0.29, 0.717) is 0 Å². The molecule has 2 aromatic rings. The lowest BCUT2D eigenvalue weighted by atomic mass is 9.91. The Morgan fingerprint density at radius 2 is 2.00 bits per heavy atom. The van der Waals surface area contributed by atoms with Crippen LogP contribution in [0.1, 0.15) is 30.4 Å². The van der Waals surface area contributed by atoms with Gasteiger partial charge >= 0.3 is 0 Å². The van der Waals surface area contributed by atoms with E-state index < -0.39 is 0 Å². The molecule has 3 nitrogen and oxygen atoms in total. The molecule has 1 heterocycles. The second-order valence-corrected chi connectivity index (χ2v) is 5.96. The number of rotatable bonds is 4. The van der Waals surface area contributed by atoms with Crippen LogP contribution in [-0.2, 0) is 12.8 Å². The predicted molar refractivity (Wildman–Crippen MR) is 77.1 cm³/mol. The maximum absolute atomic E-state index is 5.51. The van der Waals surface area contributed by atoms with Crippen LogP contribution in [-0.4, -0.2) is 22.3 Å². The third-order valence-corrected chi connectivity index (χ3v) is 4.47. The van der Waals surface area contributed by atoms with Crippen molar-refractivity contribution in [2.45, 2.75) is 37.3 Å². The normalized spacial score (nSPS) is 14.9. The van der Waals surface area contributed by atoms with Crippen molar-refractivity contribution in [1.29, 1.82) is 0 Å². The van der Waals surface area contributed by atoms with E-state index in [4.69, 9.17) is 5.73 Å². The van der Waals surface area contributed by atoms with Crippen LogP contribution in [0.3, 0.4) is 0 Å². The van der Waals surface area contributed by atoms with E-state index >= 15 is 0 Å². The number of nitrogens with zero attached hydrogens (tertiary/aromatic N) is 1.